The highest BCUT2D eigenvalue weighted by Crippen LogP contribution is 2.27. The van der Waals surface area contributed by atoms with E-state index in [1.54, 1.807) is 49.3 Å². The number of nitrogens with one attached hydrogen (secondary N) is 4. The van der Waals surface area contributed by atoms with Gasteiger partial charge in [0.05, 0.1) is 0 Å². The summed E-state index contributed by atoms with van der Waals surface area (Å²) < 4.78 is 43.7. The number of halogens is 3. The average Bonchev–Trinajstić information content (AvgIpc) is 3.51. The van der Waals surface area contributed by atoms with Gasteiger partial charge in [-0.05, 0) is 29.7 Å². The largest absolute Gasteiger partial charge is 0.451 e. The molecule has 0 radical (unpaired) electrons. The molecule has 186 valence electrons. The van der Waals surface area contributed by atoms with Gasteiger partial charge in [0, 0.05) is 25.2 Å². The summed E-state index contributed by atoms with van der Waals surface area (Å²) in [6.45, 7) is 3.63. The summed E-state index contributed by atoms with van der Waals surface area (Å²) >= 11 is 0. The Morgan fingerprint density at radius 1 is 1.09 bits per heavy atom. The minimum Gasteiger partial charge on any atom is -0.451 e. The molecule has 0 bridgehead atoms. The van der Waals surface area contributed by atoms with Gasteiger partial charge >= 0.3 is 6.18 Å². The van der Waals surface area contributed by atoms with Crippen LogP contribution in [0.5, 0.6) is 0 Å². The number of likely N-dealkylation sites (N-methyl/N-ethyl adjacent to an activating group) is 1. The number of aromatic amines is 1. The molecule has 0 saturated carbocycles. The molecule has 0 aliphatic rings. The van der Waals surface area contributed by atoms with Gasteiger partial charge in [-0.2, -0.15) is 18.3 Å². The normalized spacial score (nSPS) is 12.3. The van der Waals surface area contributed by atoms with Crippen molar-refractivity contribution < 1.29 is 32.0 Å². The number of aromatic nitrogens is 2. The van der Waals surface area contributed by atoms with E-state index in [4.69, 9.17) is 4.42 Å². The van der Waals surface area contributed by atoms with Crippen LogP contribution in [0.25, 0.3) is 11.3 Å². The van der Waals surface area contributed by atoms with E-state index >= 15 is 0 Å². The van der Waals surface area contributed by atoms with Crippen LogP contribution in [-0.2, 0) is 17.5 Å². The molecule has 1 aromatic carbocycles. The Balaban J connectivity index is 1.66. The van der Waals surface area contributed by atoms with Crippen LogP contribution in [0.3, 0.4) is 0 Å². The van der Waals surface area contributed by atoms with E-state index in [2.05, 4.69) is 21.0 Å². The highest BCUT2D eigenvalue weighted by molar-refractivity contribution is 5.96. The fraction of sp³-hybridized carbons (Fsp3) is 0.304. The van der Waals surface area contributed by atoms with Gasteiger partial charge in [0.2, 0.25) is 5.91 Å². The lowest BCUT2D eigenvalue weighted by atomic mass is 10.0. The highest BCUT2D eigenvalue weighted by atomic mass is 19.4. The maximum atomic E-state index is 12.7. The van der Waals surface area contributed by atoms with Gasteiger partial charge in [-0.15, -0.1) is 0 Å². The lowest BCUT2D eigenvalue weighted by molar-refractivity contribution is -0.141. The molecule has 1 unspecified atom stereocenters. The van der Waals surface area contributed by atoms with Crippen molar-refractivity contribution in [2.75, 3.05) is 7.05 Å². The summed E-state index contributed by atoms with van der Waals surface area (Å²) in [5, 5.41) is 12.8. The standard InChI is InChI=1S/C23H24F3N5O4/c1-12(2)19(22(34)27-3)29-21(33)17-8-7-16(35-17)14-6-4-5-13(9-14)11-28-20(32)15-10-18(31-30-15)23(24,25)26/h4-10,12,19H,11H2,1-3H3,(H,27,34)(H,28,32)(H,29,33)(H,30,31). The number of hydrogen-bond donors (Lipinski definition) is 4. The van der Waals surface area contributed by atoms with E-state index in [9.17, 15) is 27.6 Å². The number of furan rings is 1. The van der Waals surface area contributed by atoms with Crippen molar-refractivity contribution in [1.29, 1.82) is 0 Å². The number of benzene rings is 1. The van der Waals surface area contributed by atoms with Crippen molar-refractivity contribution in [1.82, 2.24) is 26.1 Å². The number of nitrogens with zero attached hydrogens (tertiary/aromatic N) is 1. The van der Waals surface area contributed by atoms with Crippen molar-refractivity contribution in [3.63, 3.8) is 0 Å². The molecule has 0 fully saturated rings. The maximum Gasteiger partial charge on any atom is 0.432 e. The molecule has 2 heterocycles. The lowest BCUT2D eigenvalue weighted by Crippen LogP contribution is -2.48. The van der Waals surface area contributed by atoms with Crippen LogP contribution >= 0.6 is 0 Å². The first-order chi connectivity index (χ1) is 16.5. The van der Waals surface area contributed by atoms with Crippen LogP contribution in [0.15, 0.2) is 46.9 Å². The lowest BCUT2D eigenvalue weighted by Gasteiger charge is -2.19. The molecule has 0 spiro atoms. The molecule has 4 N–H and O–H groups in total. The van der Waals surface area contributed by atoms with Crippen LogP contribution in [-0.4, -0.2) is 41.0 Å². The van der Waals surface area contributed by atoms with Crippen molar-refractivity contribution in [2.45, 2.75) is 32.6 Å². The van der Waals surface area contributed by atoms with Gasteiger partial charge in [-0.1, -0.05) is 32.0 Å². The summed E-state index contributed by atoms with van der Waals surface area (Å²) in [4.78, 5) is 36.7. The van der Waals surface area contributed by atoms with Crippen LogP contribution in [0.4, 0.5) is 13.2 Å². The molecule has 9 nitrogen and oxygen atoms in total. The molecule has 1 atom stereocenters. The maximum absolute atomic E-state index is 12.7. The third-order valence-corrected chi connectivity index (χ3v) is 5.09. The van der Waals surface area contributed by atoms with E-state index < -0.39 is 29.7 Å². The Hall–Kier alpha value is -4.09. The summed E-state index contributed by atoms with van der Waals surface area (Å²) in [7, 11) is 1.48. The monoisotopic (exact) mass is 491 g/mol. The van der Waals surface area contributed by atoms with Gasteiger partial charge in [-0.3, -0.25) is 19.5 Å². The van der Waals surface area contributed by atoms with Gasteiger partial charge < -0.3 is 20.4 Å². The molecule has 35 heavy (non-hydrogen) atoms. The number of hydrogen-bond acceptors (Lipinski definition) is 5. The summed E-state index contributed by atoms with van der Waals surface area (Å²) in [5.41, 5.74) is -0.241. The van der Waals surface area contributed by atoms with Gasteiger partial charge in [0.15, 0.2) is 11.5 Å². The van der Waals surface area contributed by atoms with Crippen molar-refractivity contribution >= 4 is 17.7 Å². The highest BCUT2D eigenvalue weighted by Gasteiger charge is 2.33. The SMILES string of the molecule is CNC(=O)C(NC(=O)c1ccc(-c2cccc(CNC(=O)c3cc(C(F)(F)F)[nH]n3)c2)o1)C(C)C. The first-order valence-corrected chi connectivity index (χ1v) is 10.6. The number of H-pyrrole nitrogens is 1. The Kier molecular flexibility index (Phi) is 7.62. The van der Waals surface area contributed by atoms with E-state index in [1.165, 1.54) is 13.1 Å². The molecule has 2 aromatic heterocycles. The third-order valence-electron chi connectivity index (χ3n) is 5.09. The van der Waals surface area contributed by atoms with E-state index in [1.807, 2.05) is 0 Å². The molecule has 0 saturated heterocycles. The van der Waals surface area contributed by atoms with Crippen LogP contribution in [0.1, 0.15) is 46.1 Å². The average molecular weight is 491 g/mol. The number of carbonyl (C=O) groups is 3. The fourth-order valence-electron chi connectivity index (χ4n) is 3.21. The number of carbonyl (C=O) groups excluding carboxylic acids is 3. The zero-order valence-corrected chi connectivity index (χ0v) is 19.1. The molecule has 0 aliphatic carbocycles. The fourth-order valence-corrected chi connectivity index (χ4v) is 3.21. The second-order valence-corrected chi connectivity index (χ2v) is 8.02. The summed E-state index contributed by atoms with van der Waals surface area (Å²) in [6, 6.07) is 9.84. The first kappa shape index (κ1) is 25.5. The third kappa shape index (κ3) is 6.28. The molecular formula is C23H24F3N5O4. The molecular weight excluding hydrogens is 467 g/mol. The van der Waals surface area contributed by atoms with Gasteiger partial charge in [-0.25, -0.2) is 0 Å². The van der Waals surface area contributed by atoms with E-state index in [0.717, 1.165) is 0 Å². The smallest absolute Gasteiger partial charge is 0.432 e. The first-order valence-electron chi connectivity index (χ1n) is 10.6. The molecule has 3 amide bonds. The minimum absolute atomic E-state index is 0.0206. The number of rotatable bonds is 8. The topological polar surface area (TPSA) is 129 Å². The zero-order valence-electron chi connectivity index (χ0n) is 19.1. The predicted octanol–water partition coefficient (Wildman–Crippen LogP) is 3.12. The van der Waals surface area contributed by atoms with Gasteiger partial charge in [0.25, 0.3) is 11.8 Å². The minimum atomic E-state index is -4.63. The number of amides is 3. The van der Waals surface area contributed by atoms with Crippen LogP contribution in [0.2, 0.25) is 0 Å². The molecule has 12 heteroatoms. The van der Waals surface area contributed by atoms with Crippen LogP contribution in [0, 0.1) is 5.92 Å². The predicted molar refractivity (Wildman–Crippen MR) is 119 cm³/mol. The van der Waals surface area contributed by atoms with Crippen molar-refractivity contribution in [2.24, 2.45) is 5.92 Å². The second-order valence-electron chi connectivity index (χ2n) is 8.02. The Morgan fingerprint density at radius 3 is 2.46 bits per heavy atom. The zero-order chi connectivity index (χ0) is 25.8. The van der Waals surface area contributed by atoms with E-state index in [-0.39, 0.29) is 29.8 Å². The van der Waals surface area contributed by atoms with E-state index in [0.29, 0.717) is 23.0 Å². The molecule has 3 rings (SSSR count). The van der Waals surface area contributed by atoms with Gasteiger partial charge in [0.1, 0.15) is 17.5 Å². The second kappa shape index (κ2) is 10.5. The molecule has 0 aliphatic heterocycles. The Labute approximate surface area is 198 Å². The summed E-state index contributed by atoms with van der Waals surface area (Å²) in [5.74, 6) is -1.37. The van der Waals surface area contributed by atoms with Crippen molar-refractivity contribution in [3.8, 4) is 11.3 Å². The Morgan fingerprint density at radius 2 is 1.83 bits per heavy atom. The quantitative estimate of drug-likeness (QED) is 0.385. The summed E-state index contributed by atoms with van der Waals surface area (Å²) in [6.07, 6.45) is -4.63. The van der Waals surface area contributed by atoms with Crippen LogP contribution < -0.4 is 16.0 Å². The van der Waals surface area contributed by atoms with Crippen molar-refractivity contribution in [3.05, 3.63) is 65.2 Å². The Bertz CT molecular complexity index is 1220. The number of alkyl halides is 3. The molecule has 3 aromatic rings.